The summed E-state index contributed by atoms with van der Waals surface area (Å²) in [5.74, 6) is 4.99. The summed E-state index contributed by atoms with van der Waals surface area (Å²) >= 11 is 0. The lowest BCUT2D eigenvalue weighted by molar-refractivity contribution is -0.126. The molecular weight excluding hydrogens is 178 g/mol. The fourth-order valence-corrected chi connectivity index (χ4v) is 1.83. The Hall–Kier alpha value is -0.610. The summed E-state index contributed by atoms with van der Waals surface area (Å²) in [6.45, 7) is 4.00. The van der Waals surface area contributed by atoms with Crippen LogP contribution in [0.1, 0.15) is 33.1 Å². The molecule has 4 nitrogen and oxygen atoms in total. The molecule has 1 fully saturated rings. The van der Waals surface area contributed by atoms with Crippen LogP contribution in [0, 0.1) is 5.92 Å². The van der Waals surface area contributed by atoms with Crippen LogP contribution in [0.5, 0.6) is 0 Å². The molecule has 1 aliphatic carbocycles. The molecule has 2 atom stereocenters. The van der Waals surface area contributed by atoms with Gasteiger partial charge in [-0.15, -0.1) is 0 Å². The molecule has 1 amide bonds. The molecule has 1 aliphatic rings. The van der Waals surface area contributed by atoms with Crippen molar-refractivity contribution in [3.8, 4) is 0 Å². The number of nitrogens with zero attached hydrogens (tertiary/aromatic N) is 1. The Morgan fingerprint density at radius 3 is 2.43 bits per heavy atom. The first-order valence-corrected chi connectivity index (χ1v) is 5.30. The number of nitrogens with two attached hydrogens (primary N) is 1. The molecule has 0 aromatic carbocycles. The first-order chi connectivity index (χ1) is 6.57. The Labute approximate surface area is 85.8 Å². The van der Waals surface area contributed by atoms with E-state index >= 15 is 0 Å². The van der Waals surface area contributed by atoms with Crippen LogP contribution in [0.3, 0.4) is 0 Å². The maximum atomic E-state index is 11.3. The highest BCUT2D eigenvalue weighted by atomic mass is 16.2. The summed E-state index contributed by atoms with van der Waals surface area (Å²) in [6.07, 6.45) is 3.84. The zero-order valence-electron chi connectivity index (χ0n) is 9.29. The largest absolute Gasteiger partial charge is 0.300 e. The zero-order chi connectivity index (χ0) is 10.7. The summed E-state index contributed by atoms with van der Waals surface area (Å²) < 4.78 is 0. The highest BCUT2D eigenvalue weighted by Gasteiger charge is 2.30. The second-order valence-electron chi connectivity index (χ2n) is 4.29. The third kappa shape index (κ3) is 2.25. The summed E-state index contributed by atoms with van der Waals surface area (Å²) in [7, 11) is 2.09. The average Bonchev–Trinajstić information content (AvgIpc) is 2.11. The van der Waals surface area contributed by atoms with E-state index in [-0.39, 0.29) is 17.9 Å². The highest BCUT2D eigenvalue weighted by Crippen LogP contribution is 2.26. The maximum absolute atomic E-state index is 11.3. The van der Waals surface area contributed by atoms with Gasteiger partial charge in [-0.3, -0.25) is 15.1 Å². The smallest absolute Gasteiger partial charge is 0.238 e. The summed E-state index contributed by atoms with van der Waals surface area (Å²) in [6, 6.07) is 0.918. The lowest BCUT2D eigenvalue weighted by Crippen LogP contribution is -2.49. The highest BCUT2D eigenvalue weighted by molar-refractivity contribution is 5.78. The van der Waals surface area contributed by atoms with E-state index in [1.54, 1.807) is 0 Å². The van der Waals surface area contributed by atoms with Crippen molar-refractivity contribution in [2.45, 2.75) is 45.2 Å². The number of rotatable bonds is 4. The van der Waals surface area contributed by atoms with Gasteiger partial charge in [0, 0.05) is 12.1 Å². The second-order valence-corrected chi connectivity index (χ2v) is 4.29. The molecule has 0 aromatic heterocycles. The number of hydrazine groups is 1. The molecule has 14 heavy (non-hydrogen) atoms. The predicted octanol–water partition coefficient (Wildman–Crippen LogP) is 0.485. The predicted molar refractivity (Wildman–Crippen MR) is 56.4 cm³/mol. The van der Waals surface area contributed by atoms with E-state index in [1.807, 2.05) is 6.92 Å². The van der Waals surface area contributed by atoms with E-state index in [9.17, 15) is 4.79 Å². The number of nitrogens with one attached hydrogen (secondary N) is 1. The Bertz CT molecular complexity index is 204. The third-order valence-corrected chi connectivity index (χ3v) is 3.57. The van der Waals surface area contributed by atoms with Gasteiger partial charge in [-0.25, -0.2) is 5.84 Å². The van der Waals surface area contributed by atoms with Gasteiger partial charge in [0.25, 0.3) is 0 Å². The minimum absolute atomic E-state index is 0.0504. The van der Waals surface area contributed by atoms with E-state index in [2.05, 4.69) is 24.3 Å². The van der Waals surface area contributed by atoms with Gasteiger partial charge in [0.15, 0.2) is 0 Å². The van der Waals surface area contributed by atoms with Gasteiger partial charge in [-0.05, 0) is 26.8 Å². The number of amides is 1. The van der Waals surface area contributed by atoms with Gasteiger partial charge in [-0.2, -0.15) is 0 Å². The van der Waals surface area contributed by atoms with Crippen LogP contribution in [0.15, 0.2) is 0 Å². The van der Waals surface area contributed by atoms with Crippen molar-refractivity contribution in [2.75, 3.05) is 7.05 Å². The molecule has 0 aliphatic heterocycles. The molecule has 0 radical (unpaired) electrons. The topological polar surface area (TPSA) is 58.4 Å². The van der Waals surface area contributed by atoms with Gasteiger partial charge in [0.2, 0.25) is 5.91 Å². The lowest BCUT2D eigenvalue weighted by atomic mass is 9.89. The number of carbonyl (C=O) groups excluding carboxylic acids is 1. The molecule has 1 rings (SSSR count). The fraction of sp³-hybridized carbons (Fsp3) is 0.900. The minimum Gasteiger partial charge on any atom is -0.300 e. The van der Waals surface area contributed by atoms with E-state index in [0.29, 0.717) is 6.04 Å². The maximum Gasteiger partial charge on any atom is 0.238 e. The molecule has 0 aromatic rings. The van der Waals surface area contributed by atoms with E-state index < -0.39 is 0 Å². The summed E-state index contributed by atoms with van der Waals surface area (Å²) in [5, 5.41) is 0. The number of hydrogen-bond acceptors (Lipinski definition) is 3. The van der Waals surface area contributed by atoms with Crippen LogP contribution in [-0.4, -0.2) is 29.9 Å². The summed E-state index contributed by atoms with van der Waals surface area (Å²) in [5.41, 5.74) is 2.21. The van der Waals surface area contributed by atoms with Crippen molar-refractivity contribution < 1.29 is 4.79 Å². The van der Waals surface area contributed by atoms with Crippen molar-refractivity contribution in [1.29, 1.82) is 0 Å². The van der Waals surface area contributed by atoms with Crippen LogP contribution in [0.2, 0.25) is 0 Å². The van der Waals surface area contributed by atoms with Gasteiger partial charge in [0.05, 0.1) is 5.92 Å². The van der Waals surface area contributed by atoms with Crippen molar-refractivity contribution in [1.82, 2.24) is 10.3 Å². The van der Waals surface area contributed by atoms with Gasteiger partial charge >= 0.3 is 0 Å². The molecule has 0 saturated heterocycles. The van der Waals surface area contributed by atoms with Gasteiger partial charge in [0.1, 0.15) is 0 Å². The minimum atomic E-state index is -0.0799. The first kappa shape index (κ1) is 11.5. The summed E-state index contributed by atoms with van der Waals surface area (Å²) in [4.78, 5) is 13.6. The Balaban J connectivity index is 2.45. The quantitative estimate of drug-likeness (QED) is 0.393. The van der Waals surface area contributed by atoms with Crippen LogP contribution in [0.4, 0.5) is 0 Å². The SMILES string of the molecule is CC(C(=O)NN)C(C)N(C)C1CCC1. The van der Waals surface area contributed by atoms with Crippen LogP contribution in [-0.2, 0) is 4.79 Å². The monoisotopic (exact) mass is 199 g/mol. The Morgan fingerprint density at radius 2 is 2.07 bits per heavy atom. The standard InChI is InChI=1S/C10H21N3O/c1-7(10(14)12-11)8(2)13(3)9-5-4-6-9/h7-9H,4-6,11H2,1-3H3,(H,12,14). The van der Waals surface area contributed by atoms with Crippen molar-refractivity contribution in [2.24, 2.45) is 11.8 Å². The van der Waals surface area contributed by atoms with Crippen molar-refractivity contribution in [3.63, 3.8) is 0 Å². The molecule has 0 bridgehead atoms. The van der Waals surface area contributed by atoms with Crippen molar-refractivity contribution >= 4 is 5.91 Å². The van der Waals surface area contributed by atoms with Crippen molar-refractivity contribution in [3.05, 3.63) is 0 Å². The molecular formula is C10H21N3O. The fourth-order valence-electron chi connectivity index (χ4n) is 1.83. The second kappa shape index (κ2) is 4.75. The number of hydrogen-bond donors (Lipinski definition) is 2. The molecule has 4 heteroatoms. The van der Waals surface area contributed by atoms with Gasteiger partial charge in [-0.1, -0.05) is 13.3 Å². The molecule has 0 heterocycles. The first-order valence-electron chi connectivity index (χ1n) is 5.30. The number of carbonyl (C=O) groups is 1. The molecule has 0 spiro atoms. The molecule has 1 saturated carbocycles. The van der Waals surface area contributed by atoms with E-state index in [1.165, 1.54) is 19.3 Å². The van der Waals surface area contributed by atoms with Crippen LogP contribution >= 0.6 is 0 Å². The average molecular weight is 199 g/mol. The molecule has 82 valence electrons. The Morgan fingerprint density at radius 1 is 1.50 bits per heavy atom. The lowest BCUT2D eigenvalue weighted by Gasteiger charge is -2.40. The Kier molecular flexibility index (Phi) is 3.89. The van der Waals surface area contributed by atoms with E-state index in [0.717, 1.165) is 0 Å². The molecule has 2 unspecified atom stereocenters. The van der Waals surface area contributed by atoms with E-state index in [4.69, 9.17) is 5.84 Å². The zero-order valence-corrected chi connectivity index (χ0v) is 9.29. The van der Waals surface area contributed by atoms with Crippen LogP contribution in [0.25, 0.3) is 0 Å². The molecule has 3 N–H and O–H groups in total. The van der Waals surface area contributed by atoms with Gasteiger partial charge < -0.3 is 0 Å². The normalized spacial score (nSPS) is 21.5. The van der Waals surface area contributed by atoms with Crippen LogP contribution < -0.4 is 11.3 Å². The third-order valence-electron chi connectivity index (χ3n) is 3.57.